The van der Waals surface area contributed by atoms with Crippen molar-refractivity contribution in [1.29, 1.82) is 5.26 Å². The second-order valence-corrected chi connectivity index (χ2v) is 4.62. The fraction of sp³-hybridized carbons (Fsp3) is 0.0769. The van der Waals surface area contributed by atoms with E-state index in [-0.39, 0.29) is 0 Å². The van der Waals surface area contributed by atoms with E-state index in [4.69, 9.17) is 15.7 Å². The molecule has 0 saturated carbocycles. The van der Waals surface area contributed by atoms with Crippen molar-refractivity contribution in [2.45, 2.75) is 6.92 Å². The van der Waals surface area contributed by atoms with Gasteiger partial charge in [0.05, 0.1) is 21.8 Å². The number of anilines is 1. The van der Waals surface area contributed by atoms with Gasteiger partial charge >= 0.3 is 0 Å². The molecule has 0 saturated heterocycles. The maximum absolute atomic E-state index is 8.75. The van der Waals surface area contributed by atoms with Crippen LogP contribution < -0.4 is 10.5 Å². The predicted molar refractivity (Wildman–Crippen MR) is 72.3 cm³/mol. The van der Waals surface area contributed by atoms with E-state index < -0.39 is 0 Å². The summed E-state index contributed by atoms with van der Waals surface area (Å²) in [5.74, 6) is 0.920. The van der Waals surface area contributed by atoms with Crippen molar-refractivity contribution in [3.05, 3.63) is 46.1 Å². The zero-order valence-corrected chi connectivity index (χ0v) is 11.2. The quantitative estimate of drug-likeness (QED) is 0.863. The van der Waals surface area contributed by atoms with Crippen LogP contribution in [0.2, 0.25) is 0 Å². The van der Waals surface area contributed by atoms with Crippen molar-refractivity contribution in [2.24, 2.45) is 0 Å². The van der Waals surface area contributed by atoms with Crippen molar-refractivity contribution in [3.63, 3.8) is 0 Å². The molecule has 90 valence electrons. The largest absolute Gasteiger partial charge is 0.436 e. The number of aryl methyl sites for hydroxylation is 1. The number of aromatic nitrogens is 1. The van der Waals surface area contributed by atoms with E-state index in [0.29, 0.717) is 22.9 Å². The van der Waals surface area contributed by atoms with Crippen LogP contribution in [0, 0.1) is 18.3 Å². The van der Waals surface area contributed by atoms with Crippen molar-refractivity contribution in [1.82, 2.24) is 4.98 Å². The molecule has 0 radical (unpaired) electrons. The molecule has 5 heteroatoms. The molecule has 0 spiro atoms. The number of rotatable bonds is 2. The number of benzene rings is 1. The number of hydrogen-bond acceptors (Lipinski definition) is 4. The van der Waals surface area contributed by atoms with Crippen LogP contribution >= 0.6 is 15.9 Å². The number of nitriles is 1. The summed E-state index contributed by atoms with van der Waals surface area (Å²) in [6.07, 6.45) is 1.71. The monoisotopic (exact) mass is 303 g/mol. The van der Waals surface area contributed by atoms with Crippen LogP contribution in [0.25, 0.3) is 0 Å². The summed E-state index contributed by atoms with van der Waals surface area (Å²) in [5, 5.41) is 8.75. The number of hydrogen-bond donors (Lipinski definition) is 1. The van der Waals surface area contributed by atoms with E-state index in [2.05, 4.69) is 20.9 Å². The van der Waals surface area contributed by atoms with E-state index in [9.17, 15) is 0 Å². The topological polar surface area (TPSA) is 71.9 Å². The van der Waals surface area contributed by atoms with E-state index >= 15 is 0 Å². The standard InChI is InChI=1S/C13H10BrN3O/c1-8-4-10(14)13(17-7-8)18-12-3-2-9(6-15)5-11(12)16/h2-5,7H,16H2,1H3. The Morgan fingerprint density at radius 3 is 2.78 bits per heavy atom. The van der Waals surface area contributed by atoms with Crippen LogP contribution in [0.15, 0.2) is 34.9 Å². The molecule has 2 rings (SSSR count). The molecule has 0 amide bonds. The minimum absolute atomic E-state index is 0.406. The Balaban J connectivity index is 2.32. The van der Waals surface area contributed by atoms with Gasteiger partial charge < -0.3 is 10.5 Å². The number of pyridine rings is 1. The van der Waals surface area contributed by atoms with Crippen LogP contribution in [0.1, 0.15) is 11.1 Å². The molecule has 0 aliphatic heterocycles. The average Bonchev–Trinajstić information content (AvgIpc) is 2.34. The molecular formula is C13H10BrN3O. The smallest absolute Gasteiger partial charge is 0.233 e. The number of nitrogens with zero attached hydrogens (tertiary/aromatic N) is 2. The highest BCUT2D eigenvalue weighted by Gasteiger charge is 2.08. The molecule has 1 aromatic heterocycles. The van der Waals surface area contributed by atoms with Crippen molar-refractivity contribution < 1.29 is 4.74 Å². The first-order valence-corrected chi connectivity index (χ1v) is 5.99. The summed E-state index contributed by atoms with van der Waals surface area (Å²) in [6.45, 7) is 1.94. The fourth-order valence-corrected chi connectivity index (χ4v) is 1.96. The van der Waals surface area contributed by atoms with E-state index in [1.54, 1.807) is 24.4 Å². The molecule has 0 fully saturated rings. The molecule has 2 N–H and O–H groups in total. The molecule has 0 aliphatic carbocycles. The third-order valence-corrected chi connectivity index (χ3v) is 2.86. The predicted octanol–water partition coefficient (Wildman–Crippen LogP) is 3.40. The Kier molecular flexibility index (Phi) is 3.49. The Bertz CT molecular complexity index is 635. The molecule has 18 heavy (non-hydrogen) atoms. The zero-order valence-electron chi connectivity index (χ0n) is 9.64. The first kappa shape index (κ1) is 12.4. The molecule has 0 atom stereocenters. The minimum Gasteiger partial charge on any atom is -0.436 e. The number of halogens is 1. The third-order valence-electron chi connectivity index (χ3n) is 2.29. The lowest BCUT2D eigenvalue weighted by Gasteiger charge is -2.09. The number of nitrogens with two attached hydrogens (primary N) is 1. The van der Waals surface area contributed by atoms with Crippen LogP contribution in [-0.4, -0.2) is 4.98 Å². The Morgan fingerprint density at radius 1 is 1.39 bits per heavy atom. The van der Waals surface area contributed by atoms with Crippen LogP contribution in [0.3, 0.4) is 0 Å². The van der Waals surface area contributed by atoms with Gasteiger partial charge in [0.25, 0.3) is 0 Å². The Hall–Kier alpha value is -2.06. The van der Waals surface area contributed by atoms with Crippen molar-refractivity contribution >= 4 is 21.6 Å². The number of ether oxygens (including phenoxy) is 1. The van der Waals surface area contributed by atoms with Crippen molar-refractivity contribution in [2.75, 3.05) is 5.73 Å². The van der Waals surface area contributed by atoms with E-state index in [1.165, 1.54) is 0 Å². The van der Waals surface area contributed by atoms with Gasteiger partial charge in [-0.1, -0.05) is 0 Å². The first-order chi connectivity index (χ1) is 8.60. The second-order valence-electron chi connectivity index (χ2n) is 3.77. The Labute approximate surface area is 113 Å². The lowest BCUT2D eigenvalue weighted by molar-refractivity contribution is 0.461. The molecule has 0 bridgehead atoms. The highest BCUT2D eigenvalue weighted by molar-refractivity contribution is 9.10. The fourth-order valence-electron chi connectivity index (χ4n) is 1.41. The molecule has 4 nitrogen and oxygen atoms in total. The highest BCUT2D eigenvalue weighted by Crippen LogP contribution is 2.31. The summed E-state index contributed by atoms with van der Waals surface area (Å²) in [4.78, 5) is 4.17. The highest BCUT2D eigenvalue weighted by atomic mass is 79.9. The summed E-state index contributed by atoms with van der Waals surface area (Å²) >= 11 is 3.38. The summed E-state index contributed by atoms with van der Waals surface area (Å²) in [5.41, 5.74) is 7.74. The SMILES string of the molecule is Cc1cnc(Oc2ccc(C#N)cc2N)c(Br)c1. The lowest BCUT2D eigenvalue weighted by Crippen LogP contribution is -1.95. The Morgan fingerprint density at radius 2 is 2.17 bits per heavy atom. The molecular weight excluding hydrogens is 294 g/mol. The zero-order chi connectivity index (χ0) is 13.1. The molecule has 0 aliphatic rings. The normalized spacial score (nSPS) is 9.83. The molecule has 2 aromatic rings. The van der Waals surface area contributed by atoms with Crippen LogP contribution in [0.5, 0.6) is 11.6 Å². The van der Waals surface area contributed by atoms with Gasteiger partial charge in [-0.2, -0.15) is 5.26 Å². The summed E-state index contributed by atoms with van der Waals surface area (Å²) in [7, 11) is 0. The van der Waals surface area contributed by atoms with Crippen LogP contribution in [-0.2, 0) is 0 Å². The second kappa shape index (κ2) is 5.07. The third kappa shape index (κ3) is 2.60. The van der Waals surface area contributed by atoms with Gasteiger partial charge in [-0.15, -0.1) is 0 Å². The number of nitrogen functional groups attached to an aromatic ring is 1. The van der Waals surface area contributed by atoms with Crippen molar-refractivity contribution in [3.8, 4) is 17.7 Å². The maximum Gasteiger partial charge on any atom is 0.233 e. The van der Waals surface area contributed by atoms with Crippen LogP contribution in [0.4, 0.5) is 5.69 Å². The molecule has 1 aromatic carbocycles. The van der Waals surface area contributed by atoms with E-state index in [0.717, 1.165) is 10.0 Å². The molecule has 1 heterocycles. The summed E-state index contributed by atoms with van der Waals surface area (Å²) in [6, 6.07) is 8.79. The van der Waals surface area contributed by atoms with Gasteiger partial charge in [-0.3, -0.25) is 0 Å². The van der Waals surface area contributed by atoms with Gasteiger partial charge in [0.1, 0.15) is 0 Å². The minimum atomic E-state index is 0.406. The lowest BCUT2D eigenvalue weighted by atomic mass is 10.2. The summed E-state index contributed by atoms with van der Waals surface area (Å²) < 4.78 is 6.36. The van der Waals surface area contributed by atoms with E-state index in [1.807, 2.05) is 19.1 Å². The average molecular weight is 304 g/mol. The van der Waals surface area contributed by atoms with Gasteiger partial charge in [0, 0.05) is 6.20 Å². The molecule has 0 unspecified atom stereocenters. The van der Waals surface area contributed by atoms with Gasteiger partial charge in [0.2, 0.25) is 5.88 Å². The van der Waals surface area contributed by atoms with Gasteiger partial charge in [-0.05, 0) is 52.7 Å². The van der Waals surface area contributed by atoms with Gasteiger partial charge in [0.15, 0.2) is 5.75 Å². The van der Waals surface area contributed by atoms with Gasteiger partial charge in [-0.25, -0.2) is 4.98 Å². The first-order valence-electron chi connectivity index (χ1n) is 5.20. The maximum atomic E-state index is 8.75.